The molecule has 9 heteroatoms. The molecule has 8 nitrogen and oxygen atoms in total. The summed E-state index contributed by atoms with van der Waals surface area (Å²) < 4.78 is 7.19. The Morgan fingerprint density at radius 2 is 2.29 bits per heavy atom. The molecule has 2 aromatic rings. The van der Waals surface area contributed by atoms with Crippen LogP contribution in [-0.2, 0) is 13.6 Å². The number of carbonyl (C=O) groups is 1. The smallest absolute Gasteiger partial charge is 0.335 e. The summed E-state index contributed by atoms with van der Waals surface area (Å²) in [7, 11) is 1.74. The summed E-state index contributed by atoms with van der Waals surface area (Å²) in [5, 5.41) is 20.8. The summed E-state index contributed by atoms with van der Waals surface area (Å²) in [5.74, 6) is 0.0680. The number of carboxylic acid groups (broad SMARTS) is 1. The zero-order chi connectivity index (χ0) is 15.0. The van der Waals surface area contributed by atoms with E-state index in [4.69, 9.17) is 21.4 Å². The van der Waals surface area contributed by atoms with Gasteiger partial charge in [-0.1, -0.05) is 16.7 Å². The number of fused-ring (bicyclic) bond motifs is 1. The highest BCUT2D eigenvalue weighted by molar-refractivity contribution is 6.32. The molecule has 0 spiro atoms. The Hall–Kier alpha value is -2.35. The number of nitrogens with zero attached hydrogens (tertiary/aromatic N) is 5. The highest BCUT2D eigenvalue weighted by atomic mass is 35.5. The van der Waals surface area contributed by atoms with Gasteiger partial charge in [0.2, 0.25) is 5.95 Å². The van der Waals surface area contributed by atoms with Crippen LogP contribution in [0.25, 0.3) is 0 Å². The van der Waals surface area contributed by atoms with Crippen molar-refractivity contribution in [3.8, 4) is 5.75 Å². The average molecular weight is 310 g/mol. The summed E-state index contributed by atoms with van der Waals surface area (Å²) in [6.45, 7) is 1.40. The van der Waals surface area contributed by atoms with E-state index in [1.54, 1.807) is 17.8 Å². The molecule has 1 aliphatic rings. The number of ether oxygens (including phenoxy) is 1. The van der Waals surface area contributed by atoms with Crippen molar-refractivity contribution in [2.24, 2.45) is 7.05 Å². The third-order valence-corrected chi connectivity index (χ3v) is 3.50. The van der Waals surface area contributed by atoms with Crippen LogP contribution in [0, 0.1) is 0 Å². The molecule has 0 bridgehead atoms. The molecule has 0 unspecified atom stereocenters. The van der Waals surface area contributed by atoms with Gasteiger partial charge in [0.05, 0.1) is 17.1 Å². The van der Waals surface area contributed by atoms with Crippen molar-refractivity contribution in [1.82, 2.24) is 20.2 Å². The van der Waals surface area contributed by atoms with E-state index in [1.807, 2.05) is 4.90 Å². The first-order valence-electron chi connectivity index (χ1n) is 6.22. The maximum atomic E-state index is 11.1. The first-order chi connectivity index (χ1) is 10.1. The number of anilines is 1. The van der Waals surface area contributed by atoms with Crippen LogP contribution in [-0.4, -0.2) is 44.4 Å². The Morgan fingerprint density at radius 3 is 2.95 bits per heavy atom. The number of carboxylic acids is 1. The normalized spacial score (nSPS) is 14.3. The largest absolute Gasteiger partial charge is 0.490 e. The Balaban J connectivity index is 2.01. The number of aromatic carboxylic acids is 1. The van der Waals surface area contributed by atoms with Crippen molar-refractivity contribution < 1.29 is 14.6 Å². The van der Waals surface area contributed by atoms with Gasteiger partial charge in [0, 0.05) is 19.2 Å². The number of benzene rings is 1. The van der Waals surface area contributed by atoms with Crippen molar-refractivity contribution in [3.05, 3.63) is 28.3 Å². The van der Waals surface area contributed by atoms with Gasteiger partial charge in [0.25, 0.3) is 0 Å². The van der Waals surface area contributed by atoms with E-state index in [1.165, 1.54) is 6.07 Å². The van der Waals surface area contributed by atoms with Gasteiger partial charge in [-0.25, -0.2) is 9.48 Å². The van der Waals surface area contributed by atoms with Crippen molar-refractivity contribution in [3.63, 3.8) is 0 Å². The van der Waals surface area contributed by atoms with E-state index in [0.717, 1.165) is 0 Å². The second-order valence-corrected chi connectivity index (χ2v) is 5.03. The number of tetrazole rings is 1. The zero-order valence-electron chi connectivity index (χ0n) is 11.2. The fraction of sp³-hybridized carbons (Fsp3) is 0.333. The minimum atomic E-state index is -1.03. The summed E-state index contributed by atoms with van der Waals surface area (Å²) in [4.78, 5) is 13.1. The maximum absolute atomic E-state index is 11.1. The molecular weight excluding hydrogens is 298 g/mol. The summed E-state index contributed by atoms with van der Waals surface area (Å²) in [5.41, 5.74) is 0.820. The molecule has 0 radical (unpaired) electrons. The molecule has 1 N–H and O–H groups in total. The quantitative estimate of drug-likeness (QED) is 0.883. The van der Waals surface area contributed by atoms with Gasteiger partial charge in [-0.3, -0.25) is 0 Å². The molecule has 0 saturated carbocycles. The van der Waals surface area contributed by atoms with Crippen molar-refractivity contribution >= 4 is 23.5 Å². The van der Waals surface area contributed by atoms with Gasteiger partial charge in [-0.15, -0.1) is 0 Å². The SMILES string of the molecule is Cn1nnnc1N1CCOc2c(Cl)cc(C(=O)O)cc2C1. The van der Waals surface area contributed by atoms with Crippen molar-refractivity contribution in [2.45, 2.75) is 6.54 Å². The number of hydrogen-bond acceptors (Lipinski definition) is 6. The molecule has 0 aliphatic carbocycles. The van der Waals surface area contributed by atoms with Crippen LogP contribution in [0.15, 0.2) is 12.1 Å². The lowest BCUT2D eigenvalue weighted by Gasteiger charge is -2.19. The topological polar surface area (TPSA) is 93.4 Å². The highest BCUT2D eigenvalue weighted by Gasteiger charge is 2.23. The summed E-state index contributed by atoms with van der Waals surface area (Å²) in [6.07, 6.45) is 0. The van der Waals surface area contributed by atoms with Crippen LogP contribution < -0.4 is 9.64 Å². The van der Waals surface area contributed by atoms with Crippen molar-refractivity contribution in [1.29, 1.82) is 0 Å². The predicted molar refractivity (Wildman–Crippen MR) is 73.8 cm³/mol. The number of hydrogen-bond donors (Lipinski definition) is 1. The lowest BCUT2D eigenvalue weighted by molar-refractivity contribution is 0.0696. The third-order valence-electron chi connectivity index (χ3n) is 3.22. The van der Waals surface area contributed by atoms with Gasteiger partial charge >= 0.3 is 5.97 Å². The third kappa shape index (κ3) is 2.49. The minimum Gasteiger partial charge on any atom is -0.490 e. The van der Waals surface area contributed by atoms with Gasteiger partial charge in [0.1, 0.15) is 12.4 Å². The average Bonchev–Trinajstić information content (AvgIpc) is 2.74. The lowest BCUT2D eigenvalue weighted by atomic mass is 10.1. The number of rotatable bonds is 2. The molecule has 1 aromatic heterocycles. The predicted octanol–water partition coefficient (Wildman–Crippen LogP) is 0.961. The second-order valence-electron chi connectivity index (χ2n) is 4.62. The molecule has 3 rings (SSSR count). The monoisotopic (exact) mass is 309 g/mol. The first-order valence-corrected chi connectivity index (χ1v) is 6.60. The highest BCUT2D eigenvalue weighted by Crippen LogP contribution is 2.33. The van der Waals surface area contributed by atoms with E-state index in [2.05, 4.69) is 15.5 Å². The fourth-order valence-corrected chi connectivity index (χ4v) is 2.55. The van der Waals surface area contributed by atoms with E-state index in [0.29, 0.717) is 42.0 Å². The lowest BCUT2D eigenvalue weighted by Crippen LogP contribution is -2.28. The minimum absolute atomic E-state index is 0.125. The molecule has 0 atom stereocenters. The van der Waals surface area contributed by atoms with Gasteiger partial charge in [-0.2, -0.15) is 0 Å². The first kappa shape index (κ1) is 13.6. The number of halogens is 1. The Morgan fingerprint density at radius 1 is 1.48 bits per heavy atom. The van der Waals surface area contributed by atoms with Crippen LogP contribution in [0.2, 0.25) is 5.02 Å². The zero-order valence-corrected chi connectivity index (χ0v) is 11.9. The molecule has 0 amide bonds. The second kappa shape index (κ2) is 5.21. The van der Waals surface area contributed by atoms with Crippen LogP contribution >= 0.6 is 11.6 Å². The van der Waals surface area contributed by atoms with E-state index < -0.39 is 5.97 Å². The number of aryl methyl sites for hydroxylation is 1. The van der Waals surface area contributed by atoms with Crippen LogP contribution in [0.4, 0.5) is 5.95 Å². The van der Waals surface area contributed by atoms with E-state index in [9.17, 15) is 4.79 Å². The molecule has 1 aliphatic heterocycles. The molecular formula is C12H12ClN5O3. The molecule has 2 heterocycles. The number of aromatic nitrogens is 4. The van der Waals surface area contributed by atoms with Crippen LogP contribution in [0.5, 0.6) is 5.75 Å². The van der Waals surface area contributed by atoms with E-state index >= 15 is 0 Å². The molecule has 1 aromatic carbocycles. The molecule has 110 valence electrons. The standard InChI is InChI=1S/C12H12ClN5O3/c1-17-12(14-15-16-17)18-2-3-21-10-8(6-18)4-7(11(19)20)5-9(10)13/h4-5H,2-3,6H2,1H3,(H,19,20). The van der Waals surface area contributed by atoms with Gasteiger partial charge in [-0.05, 0) is 22.6 Å². The molecule has 0 fully saturated rings. The molecule has 0 saturated heterocycles. The van der Waals surface area contributed by atoms with Crippen molar-refractivity contribution in [2.75, 3.05) is 18.1 Å². The summed E-state index contributed by atoms with van der Waals surface area (Å²) >= 11 is 6.12. The summed E-state index contributed by atoms with van der Waals surface area (Å²) in [6, 6.07) is 2.95. The van der Waals surface area contributed by atoms with Crippen LogP contribution in [0.3, 0.4) is 0 Å². The van der Waals surface area contributed by atoms with Crippen LogP contribution in [0.1, 0.15) is 15.9 Å². The Kier molecular flexibility index (Phi) is 3.38. The molecule has 21 heavy (non-hydrogen) atoms. The fourth-order valence-electron chi connectivity index (χ4n) is 2.26. The van der Waals surface area contributed by atoms with Gasteiger partial charge < -0.3 is 14.7 Å². The Labute approximate surface area is 124 Å². The van der Waals surface area contributed by atoms with E-state index in [-0.39, 0.29) is 5.56 Å². The van der Waals surface area contributed by atoms with Gasteiger partial charge in [0.15, 0.2) is 0 Å². The maximum Gasteiger partial charge on any atom is 0.335 e. The Bertz CT molecular complexity index is 702.